The zero-order chi connectivity index (χ0) is 17.4. The van der Waals surface area contributed by atoms with Crippen LogP contribution >= 0.6 is 0 Å². The van der Waals surface area contributed by atoms with Gasteiger partial charge in [0.2, 0.25) is 0 Å². The van der Waals surface area contributed by atoms with E-state index in [0.717, 1.165) is 30.4 Å². The van der Waals surface area contributed by atoms with Crippen LogP contribution in [-0.4, -0.2) is 18.7 Å². The number of nitrogens with zero attached hydrogens (tertiary/aromatic N) is 1. The molecule has 1 amide bonds. The largest absolute Gasteiger partial charge is 0.308 e. The maximum atomic E-state index is 13.0. The van der Waals surface area contributed by atoms with Crippen molar-refractivity contribution in [2.24, 2.45) is 0 Å². The Kier molecular flexibility index (Phi) is 6.50. The van der Waals surface area contributed by atoms with Crippen molar-refractivity contribution in [1.29, 1.82) is 0 Å². The van der Waals surface area contributed by atoms with Gasteiger partial charge < -0.3 is 4.90 Å². The molecule has 0 radical (unpaired) electrons. The van der Waals surface area contributed by atoms with Gasteiger partial charge in [0.05, 0.1) is 0 Å². The third-order valence-electron chi connectivity index (χ3n) is 4.03. The molecule has 0 aliphatic carbocycles. The highest BCUT2D eigenvalue weighted by atomic mass is 16.2. The number of hydrogen-bond acceptors (Lipinski definition) is 2. The number of aldehydes is 1. The maximum absolute atomic E-state index is 13.0. The molecule has 0 bridgehead atoms. The first kappa shape index (κ1) is 17.7. The Bertz CT molecular complexity index is 720. The van der Waals surface area contributed by atoms with Crippen LogP contribution in [0.2, 0.25) is 0 Å². The predicted octanol–water partition coefficient (Wildman–Crippen LogP) is 4.49. The van der Waals surface area contributed by atoms with Gasteiger partial charge in [0.15, 0.2) is 0 Å². The minimum Gasteiger partial charge on any atom is -0.308 e. The van der Waals surface area contributed by atoms with Gasteiger partial charge in [0, 0.05) is 17.8 Å². The van der Waals surface area contributed by atoms with Crippen LogP contribution in [-0.2, 0) is 4.79 Å². The maximum Gasteiger partial charge on any atom is 0.258 e. The van der Waals surface area contributed by atoms with Gasteiger partial charge in [-0.15, -0.1) is 0 Å². The molecule has 2 aromatic carbocycles. The molecule has 0 heterocycles. The third-order valence-corrected chi connectivity index (χ3v) is 4.03. The summed E-state index contributed by atoms with van der Waals surface area (Å²) in [5.41, 5.74) is 3.88. The van der Waals surface area contributed by atoms with Gasteiger partial charge in [-0.2, -0.15) is 0 Å². The van der Waals surface area contributed by atoms with Gasteiger partial charge in [-0.05, 0) is 68.2 Å². The lowest BCUT2D eigenvalue weighted by atomic mass is 10.0. The summed E-state index contributed by atoms with van der Waals surface area (Å²) in [7, 11) is 0. The topological polar surface area (TPSA) is 37.4 Å². The molecule has 0 saturated carbocycles. The average Bonchev–Trinajstić information content (AvgIpc) is 2.61. The summed E-state index contributed by atoms with van der Waals surface area (Å²) < 4.78 is 0. The van der Waals surface area contributed by atoms with Crippen molar-refractivity contribution in [3.63, 3.8) is 0 Å². The van der Waals surface area contributed by atoms with Crippen molar-refractivity contribution in [2.75, 3.05) is 11.4 Å². The molecule has 2 aromatic rings. The van der Waals surface area contributed by atoms with Crippen LogP contribution in [0.25, 0.3) is 0 Å². The van der Waals surface area contributed by atoms with Crippen molar-refractivity contribution in [2.45, 2.75) is 26.7 Å². The summed E-state index contributed by atoms with van der Waals surface area (Å²) in [6.07, 6.45) is 5.67. The molecule has 24 heavy (non-hydrogen) atoms. The smallest absolute Gasteiger partial charge is 0.258 e. The number of rotatable bonds is 7. The lowest BCUT2D eigenvalue weighted by Gasteiger charge is -2.23. The van der Waals surface area contributed by atoms with E-state index < -0.39 is 0 Å². The summed E-state index contributed by atoms with van der Waals surface area (Å²) >= 11 is 0. The molecule has 124 valence electrons. The number of aryl methyl sites for hydroxylation is 2. The lowest BCUT2D eigenvalue weighted by Crippen LogP contribution is -2.32. The first-order valence-corrected chi connectivity index (χ1v) is 8.18. The zero-order valence-corrected chi connectivity index (χ0v) is 14.2. The van der Waals surface area contributed by atoms with E-state index in [9.17, 15) is 9.59 Å². The first-order valence-electron chi connectivity index (χ1n) is 8.18. The van der Waals surface area contributed by atoms with Crippen LogP contribution in [0.1, 0.15) is 34.3 Å². The van der Waals surface area contributed by atoms with E-state index in [2.05, 4.69) is 0 Å². The van der Waals surface area contributed by atoms with Gasteiger partial charge in [0.25, 0.3) is 5.91 Å². The van der Waals surface area contributed by atoms with Crippen LogP contribution < -0.4 is 4.90 Å². The Balaban J connectivity index is 2.20. The van der Waals surface area contributed by atoms with Crippen LogP contribution in [0, 0.1) is 13.8 Å². The molecule has 2 rings (SSSR count). The highest BCUT2D eigenvalue weighted by molar-refractivity contribution is 6.06. The number of unbranched alkanes of at least 4 members (excludes halogenated alkanes) is 1. The van der Waals surface area contributed by atoms with Gasteiger partial charge in [0.1, 0.15) is 6.29 Å². The first-order chi connectivity index (χ1) is 11.6. The SMILES string of the molecule is Cc1ccc(C(=O)N(CCC/C=C/C=O)c2ccccc2)cc1C. The van der Waals surface area contributed by atoms with E-state index in [0.29, 0.717) is 12.1 Å². The Hall–Kier alpha value is -2.68. The lowest BCUT2D eigenvalue weighted by molar-refractivity contribution is -0.104. The number of amides is 1. The molecule has 0 aromatic heterocycles. The zero-order valence-electron chi connectivity index (χ0n) is 14.2. The molecular formula is C21H23NO2. The molecule has 0 N–H and O–H groups in total. The standard InChI is InChI=1S/C21H23NO2/c1-17-12-13-19(16-18(17)2)21(24)22(14-8-3-4-9-15-23)20-10-6-5-7-11-20/h4-7,9-13,15-16H,3,8,14H2,1-2H3/b9-4+. The summed E-state index contributed by atoms with van der Waals surface area (Å²) in [6, 6.07) is 15.5. The number of anilines is 1. The molecule has 3 heteroatoms. The molecule has 0 saturated heterocycles. The molecule has 0 fully saturated rings. The highest BCUT2D eigenvalue weighted by Gasteiger charge is 2.17. The minimum atomic E-state index is 0.00340. The van der Waals surface area contributed by atoms with Crippen molar-refractivity contribution in [3.05, 3.63) is 77.4 Å². The Labute approximate surface area is 143 Å². The Morgan fingerprint density at radius 3 is 2.46 bits per heavy atom. The number of para-hydroxylation sites is 1. The van der Waals surface area contributed by atoms with Crippen molar-refractivity contribution in [1.82, 2.24) is 0 Å². The fourth-order valence-corrected chi connectivity index (χ4v) is 2.51. The summed E-state index contributed by atoms with van der Waals surface area (Å²) in [5, 5.41) is 0. The summed E-state index contributed by atoms with van der Waals surface area (Å²) in [6.45, 7) is 4.67. The van der Waals surface area contributed by atoms with E-state index >= 15 is 0 Å². The highest BCUT2D eigenvalue weighted by Crippen LogP contribution is 2.19. The quantitative estimate of drug-likeness (QED) is 0.428. The number of hydrogen-bond donors (Lipinski definition) is 0. The predicted molar refractivity (Wildman–Crippen MR) is 98.5 cm³/mol. The monoisotopic (exact) mass is 321 g/mol. The van der Waals surface area contributed by atoms with Crippen molar-refractivity contribution >= 4 is 17.9 Å². The molecule has 0 unspecified atom stereocenters. The fraction of sp³-hybridized carbons (Fsp3) is 0.238. The van der Waals surface area contributed by atoms with E-state index in [4.69, 9.17) is 0 Å². The Morgan fingerprint density at radius 2 is 1.79 bits per heavy atom. The van der Waals surface area contributed by atoms with E-state index in [1.54, 1.807) is 4.90 Å². The second-order valence-corrected chi connectivity index (χ2v) is 5.80. The molecule has 0 aliphatic rings. The van der Waals surface area contributed by atoms with Crippen molar-refractivity contribution < 1.29 is 9.59 Å². The molecule has 3 nitrogen and oxygen atoms in total. The minimum absolute atomic E-state index is 0.00340. The van der Waals surface area contributed by atoms with Crippen LogP contribution in [0.15, 0.2) is 60.7 Å². The third kappa shape index (κ3) is 4.66. The van der Waals surface area contributed by atoms with Crippen molar-refractivity contribution in [3.8, 4) is 0 Å². The second-order valence-electron chi connectivity index (χ2n) is 5.80. The molecular weight excluding hydrogens is 298 g/mol. The van der Waals surface area contributed by atoms with Crippen LogP contribution in [0.3, 0.4) is 0 Å². The van der Waals surface area contributed by atoms with Gasteiger partial charge in [-0.25, -0.2) is 0 Å². The van der Waals surface area contributed by atoms with Gasteiger partial charge >= 0.3 is 0 Å². The van der Waals surface area contributed by atoms with Crippen LogP contribution in [0.5, 0.6) is 0 Å². The Morgan fingerprint density at radius 1 is 1.04 bits per heavy atom. The molecule has 0 atom stereocenters. The normalized spacial score (nSPS) is 10.8. The van der Waals surface area contributed by atoms with E-state index in [1.807, 2.05) is 68.5 Å². The van der Waals surface area contributed by atoms with Crippen LogP contribution in [0.4, 0.5) is 5.69 Å². The van der Waals surface area contributed by atoms with Gasteiger partial charge in [-0.3, -0.25) is 9.59 Å². The second kappa shape index (κ2) is 8.82. The summed E-state index contributed by atoms with van der Waals surface area (Å²) in [4.78, 5) is 25.1. The number of carbonyl (C=O) groups is 2. The molecule has 0 aliphatic heterocycles. The van der Waals surface area contributed by atoms with E-state index in [1.165, 1.54) is 11.6 Å². The molecule has 0 spiro atoms. The summed E-state index contributed by atoms with van der Waals surface area (Å²) in [5.74, 6) is 0.00340. The van der Waals surface area contributed by atoms with E-state index in [-0.39, 0.29) is 5.91 Å². The number of carbonyl (C=O) groups excluding carboxylic acids is 2. The average molecular weight is 321 g/mol. The fourth-order valence-electron chi connectivity index (χ4n) is 2.51. The number of allylic oxidation sites excluding steroid dienone is 2. The van der Waals surface area contributed by atoms with Gasteiger partial charge in [-0.1, -0.05) is 30.3 Å². The number of benzene rings is 2.